The van der Waals surface area contributed by atoms with E-state index in [0.717, 1.165) is 0 Å². The van der Waals surface area contributed by atoms with Crippen LogP contribution in [0.4, 0.5) is 5.69 Å². The molecule has 2 atom stereocenters. The fraction of sp³-hybridized carbons (Fsp3) is 0.429. The van der Waals surface area contributed by atoms with Crippen molar-refractivity contribution in [2.45, 2.75) is 24.6 Å². The molecule has 0 aliphatic carbocycles. The molecule has 0 spiro atoms. The van der Waals surface area contributed by atoms with E-state index in [1.807, 2.05) is 0 Å². The highest BCUT2D eigenvalue weighted by molar-refractivity contribution is 8.16. The van der Waals surface area contributed by atoms with Crippen molar-refractivity contribution in [1.29, 1.82) is 0 Å². The molecule has 3 rings (SSSR count). The lowest BCUT2D eigenvalue weighted by molar-refractivity contribution is -0.117. The van der Waals surface area contributed by atoms with Crippen molar-refractivity contribution in [3.8, 4) is 0 Å². The number of benzene rings is 1. The summed E-state index contributed by atoms with van der Waals surface area (Å²) in [6, 6.07) is 4.70. The summed E-state index contributed by atoms with van der Waals surface area (Å²) in [5.41, 5.74) is 0.582. The molecular weight excluding hydrogens is 379 g/mol. The molecule has 0 unspecified atom stereocenters. The Balaban J connectivity index is 2.08. The van der Waals surface area contributed by atoms with E-state index < -0.39 is 9.84 Å². The summed E-state index contributed by atoms with van der Waals surface area (Å²) in [7, 11) is -3.11. The van der Waals surface area contributed by atoms with Crippen LogP contribution in [0.25, 0.3) is 0 Å². The van der Waals surface area contributed by atoms with E-state index in [1.165, 1.54) is 11.8 Å². The number of amidine groups is 1. The fourth-order valence-corrected chi connectivity index (χ4v) is 7.00. The predicted octanol–water partition coefficient (Wildman–Crippen LogP) is 3.00. The molecule has 0 aromatic heterocycles. The Labute approximate surface area is 149 Å². The first kappa shape index (κ1) is 17.1. The van der Waals surface area contributed by atoms with E-state index in [2.05, 4.69) is 4.99 Å². The normalized spacial score (nSPS) is 27.4. The van der Waals surface area contributed by atoms with Crippen molar-refractivity contribution >= 4 is 61.6 Å². The van der Waals surface area contributed by atoms with Crippen LogP contribution >= 0.6 is 35.0 Å². The second kappa shape index (κ2) is 6.27. The Kier molecular flexibility index (Phi) is 4.66. The summed E-state index contributed by atoms with van der Waals surface area (Å²) in [6.45, 7) is 1.73. The molecule has 1 aromatic carbocycles. The van der Waals surface area contributed by atoms with E-state index in [-0.39, 0.29) is 35.1 Å². The van der Waals surface area contributed by atoms with Crippen LogP contribution in [0.1, 0.15) is 13.3 Å². The predicted molar refractivity (Wildman–Crippen MR) is 95.5 cm³/mol. The van der Waals surface area contributed by atoms with Crippen LogP contribution in [0.2, 0.25) is 10.0 Å². The first-order valence-corrected chi connectivity index (χ1v) is 10.5. The summed E-state index contributed by atoms with van der Waals surface area (Å²) in [6.07, 6.45) is 0.287. The molecule has 2 aliphatic heterocycles. The summed E-state index contributed by atoms with van der Waals surface area (Å²) in [5, 5.41) is 1.26. The molecule has 2 saturated heterocycles. The van der Waals surface area contributed by atoms with Gasteiger partial charge in [0.2, 0.25) is 5.91 Å². The first-order valence-electron chi connectivity index (χ1n) is 7.03. The van der Waals surface area contributed by atoms with Crippen molar-refractivity contribution in [3.63, 3.8) is 0 Å². The van der Waals surface area contributed by atoms with Gasteiger partial charge < -0.3 is 4.90 Å². The molecular formula is C14H14Cl2N2O3S2. The zero-order valence-electron chi connectivity index (χ0n) is 12.2. The lowest BCUT2D eigenvalue weighted by atomic mass is 10.2. The molecule has 5 nitrogen and oxygen atoms in total. The Morgan fingerprint density at radius 3 is 2.83 bits per heavy atom. The standard InChI is InChI=1S/C14H14Cl2N2O3S2/c1-2-13(19)17-14-18(10-5-8(15)3-4-9(10)16)11-6-23(20,21)7-12(11)22-14/h3-5,11-12H,2,6-7H2,1H3/t11-,12-/m1/s1. The minimum atomic E-state index is -3.11. The average Bonchev–Trinajstić information content (AvgIpc) is 2.92. The average molecular weight is 393 g/mol. The van der Waals surface area contributed by atoms with Gasteiger partial charge in [0, 0.05) is 16.7 Å². The fourth-order valence-electron chi connectivity index (χ4n) is 2.70. The molecule has 1 aromatic rings. The quantitative estimate of drug-likeness (QED) is 0.773. The van der Waals surface area contributed by atoms with E-state index in [0.29, 0.717) is 20.9 Å². The van der Waals surface area contributed by atoms with Gasteiger partial charge in [-0.2, -0.15) is 4.99 Å². The maximum Gasteiger partial charge on any atom is 0.247 e. The number of anilines is 1. The molecule has 2 heterocycles. The number of carbonyl (C=O) groups excluding carboxylic acids is 1. The van der Waals surface area contributed by atoms with Crippen molar-refractivity contribution in [3.05, 3.63) is 28.2 Å². The molecule has 0 N–H and O–H groups in total. The number of sulfone groups is 1. The molecule has 2 fully saturated rings. The molecule has 23 heavy (non-hydrogen) atoms. The summed E-state index contributed by atoms with van der Waals surface area (Å²) < 4.78 is 23.9. The minimum Gasteiger partial charge on any atom is -0.314 e. The smallest absolute Gasteiger partial charge is 0.247 e. The lowest BCUT2D eigenvalue weighted by Gasteiger charge is -2.25. The number of hydrogen-bond donors (Lipinski definition) is 0. The summed E-state index contributed by atoms with van der Waals surface area (Å²) in [5.74, 6) is -0.151. The topological polar surface area (TPSA) is 66.8 Å². The molecule has 0 bridgehead atoms. The minimum absolute atomic E-state index is 0.0207. The van der Waals surface area contributed by atoms with Gasteiger partial charge >= 0.3 is 0 Å². The van der Waals surface area contributed by atoms with Crippen molar-refractivity contribution in [2.75, 3.05) is 16.4 Å². The SMILES string of the molecule is CCC(=O)N=C1S[C@@H]2CS(=O)(=O)C[C@H]2N1c1cc(Cl)ccc1Cl. The second-order valence-electron chi connectivity index (χ2n) is 5.41. The van der Waals surface area contributed by atoms with E-state index in [1.54, 1.807) is 30.0 Å². The maximum absolute atomic E-state index is 12.0. The molecule has 2 aliphatic rings. The maximum atomic E-state index is 12.0. The molecule has 0 saturated carbocycles. The van der Waals surface area contributed by atoms with Crippen LogP contribution in [0, 0.1) is 0 Å². The third-order valence-electron chi connectivity index (χ3n) is 3.76. The monoisotopic (exact) mass is 392 g/mol. The Hall–Kier alpha value is -0.760. The number of thioether (sulfide) groups is 1. The van der Waals surface area contributed by atoms with Gasteiger partial charge in [0.1, 0.15) is 0 Å². The largest absolute Gasteiger partial charge is 0.314 e. The molecule has 0 radical (unpaired) electrons. The number of hydrogen-bond acceptors (Lipinski definition) is 4. The van der Waals surface area contributed by atoms with Gasteiger partial charge in [0.25, 0.3) is 0 Å². The Morgan fingerprint density at radius 2 is 2.13 bits per heavy atom. The molecule has 9 heteroatoms. The molecule has 124 valence electrons. The number of halogens is 2. The van der Waals surface area contributed by atoms with Crippen molar-refractivity contribution < 1.29 is 13.2 Å². The van der Waals surface area contributed by atoms with Crippen LogP contribution in [0.3, 0.4) is 0 Å². The number of fused-ring (bicyclic) bond motifs is 1. The second-order valence-corrected chi connectivity index (χ2v) is 9.61. The van der Waals surface area contributed by atoms with E-state index >= 15 is 0 Å². The highest BCUT2D eigenvalue weighted by Crippen LogP contribution is 2.43. The summed E-state index contributed by atoms with van der Waals surface area (Å²) >= 11 is 13.7. The summed E-state index contributed by atoms with van der Waals surface area (Å²) in [4.78, 5) is 17.6. The third kappa shape index (κ3) is 3.38. The van der Waals surface area contributed by atoms with Gasteiger partial charge in [0.05, 0.1) is 28.3 Å². The van der Waals surface area contributed by atoms with Crippen LogP contribution in [0.5, 0.6) is 0 Å². The van der Waals surface area contributed by atoms with Gasteiger partial charge in [-0.25, -0.2) is 8.42 Å². The number of nitrogens with zero attached hydrogens (tertiary/aromatic N) is 2. The zero-order chi connectivity index (χ0) is 16.8. The Bertz CT molecular complexity index is 795. The highest BCUT2D eigenvalue weighted by Gasteiger charge is 2.49. The van der Waals surface area contributed by atoms with Crippen molar-refractivity contribution in [1.82, 2.24) is 0 Å². The number of rotatable bonds is 2. The number of carbonyl (C=O) groups is 1. The first-order chi connectivity index (χ1) is 10.8. The van der Waals surface area contributed by atoms with Crippen molar-refractivity contribution in [2.24, 2.45) is 4.99 Å². The van der Waals surface area contributed by atoms with Crippen LogP contribution in [-0.4, -0.2) is 42.3 Å². The van der Waals surface area contributed by atoms with Gasteiger partial charge in [0.15, 0.2) is 15.0 Å². The van der Waals surface area contributed by atoms with Gasteiger partial charge in [-0.15, -0.1) is 0 Å². The van der Waals surface area contributed by atoms with Crippen LogP contribution in [0.15, 0.2) is 23.2 Å². The third-order valence-corrected chi connectivity index (χ3v) is 7.52. The van der Waals surface area contributed by atoms with Crippen LogP contribution in [-0.2, 0) is 14.6 Å². The lowest BCUT2D eigenvalue weighted by Crippen LogP contribution is -2.37. The highest BCUT2D eigenvalue weighted by atomic mass is 35.5. The number of amides is 1. The van der Waals surface area contributed by atoms with Gasteiger partial charge in [-0.3, -0.25) is 4.79 Å². The van der Waals surface area contributed by atoms with E-state index in [4.69, 9.17) is 23.2 Å². The van der Waals surface area contributed by atoms with Crippen LogP contribution < -0.4 is 4.90 Å². The van der Waals surface area contributed by atoms with Gasteiger partial charge in [-0.1, -0.05) is 41.9 Å². The number of aliphatic imine (C=N–C) groups is 1. The van der Waals surface area contributed by atoms with E-state index in [9.17, 15) is 13.2 Å². The van der Waals surface area contributed by atoms with Gasteiger partial charge in [-0.05, 0) is 18.2 Å². The molecule has 1 amide bonds. The zero-order valence-corrected chi connectivity index (χ0v) is 15.3. The Morgan fingerprint density at radius 1 is 1.39 bits per heavy atom.